The van der Waals surface area contributed by atoms with Crippen molar-refractivity contribution in [3.63, 3.8) is 0 Å². The van der Waals surface area contributed by atoms with E-state index in [4.69, 9.17) is 9.47 Å². The predicted octanol–water partition coefficient (Wildman–Crippen LogP) is 3.62. The highest BCUT2D eigenvalue weighted by molar-refractivity contribution is 5.97. The first-order valence-electron chi connectivity index (χ1n) is 11.3. The summed E-state index contributed by atoms with van der Waals surface area (Å²) in [6.45, 7) is 2.61. The number of nitrogens with zero attached hydrogens (tertiary/aromatic N) is 3. The monoisotopic (exact) mass is 474 g/mol. The predicted molar refractivity (Wildman–Crippen MR) is 133 cm³/mol. The van der Waals surface area contributed by atoms with Gasteiger partial charge in [-0.05, 0) is 42.5 Å². The van der Waals surface area contributed by atoms with Crippen molar-refractivity contribution in [3.8, 4) is 34.4 Å². The third kappa shape index (κ3) is 4.16. The van der Waals surface area contributed by atoms with Crippen LogP contribution in [0.3, 0.4) is 0 Å². The highest BCUT2D eigenvalue weighted by Crippen LogP contribution is 2.39. The number of amides is 1. The van der Waals surface area contributed by atoms with E-state index in [0.717, 1.165) is 16.7 Å². The summed E-state index contributed by atoms with van der Waals surface area (Å²) in [7, 11) is 2.99. The number of aromatic nitrogens is 2. The summed E-state index contributed by atoms with van der Waals surface area (Å²) in [5.74, 6) is 0.694. The van der Waals surface area contributed by atoms with Crippen LogP contribution >= 0.6 is 0 Å². The molecule has 1 aromatic heterocycles. The Morgan fingerprint density at radius 2 is 1.69 bits per heavy atom. The Labute approximate surface area is 202 Å². The maximum atomic E-state index is 13.0. The Morgan fingerprint density at radius 3 is 2.43 bits per heavy atom. The Morgan fingerprint density at radius 1 is 0.943 bits per heavy atom. The number of methoxy groups -OCH3 is 2. The largest absolute Gasteiger partial charge is 0.504 e. The normalized spacial score (nSPS) is 13.8. The summed E-state index contributed by atoms with van der Waals surface area (Å²) in [5.41, 5.74) is 3.81. The van der Waals surface area contributed by atoms with E-state index in [1.165, 1.54) is 13.2 Å². The molecule has 4 aromatic rings. The van der Waals surface area contributed by atoms with E-state index >= 15 is 0 Å². The number of hydrogen-bond acceptors (Lipinski definition) is 7. The van der Waals surface area contributed by atoms with Gasteiger partial charge in [-0.15, -0.1) is 0 Å². The number of carbonyl (C=O) groups excluding carboxylic acids is 1. The molecule has 9 heteroatoms. The third-order valence-electron chi connectivity index (χ3n) is 6.28. The summed E-state index contributed by atoms with van der Waals surface area (Å²) >= 11 is 0. The van der Waals surface area contributed by atoms with Crippen LogP contribution in [0.15, 0.2) is 54.6 Å². The maximum absolute atomic E-state index is 13.0. The highest BCUT2D eigenvalue weighted by Gasteiger charge is 2.24. The number of aromatic hydroxyl groups is 2. The van der Waals surface area contributed by atoms with Crippen LogP contribution in [0.5, 0.6) is 23.0 Å². The first kappa shape index (κ1) is 22.4. The van der Waals surface area contributed by atoms with Crippen molar-refractivity contribution in [2.45, 2.75) is 0 Å². The van der Waals surface area contributed by atoms with E-state index in [9.17, 15) is 15.0 Å². The Kier molecular flexibility index (Phi) is 5.82. The number of nitrogens with one attached hydrogen (secondary N) is 1. The Hall–Kier alpha value is -4.40. The number of fused-ring (bicyclic) bond motifs is 1. The zero-order chi connectivity index (χ0) is 24.5. The van der Waals surface area contributed by atoms with Crippen LogP contribution in [-0.4, -0.2) is 71.4 Å². The molecule has 5 rings (SSSR count). The molecular formula is C26H26N4O5. The molecule has 0 atom stereocenters. The molecule has 180 valence electrons. The average Bonchev–Trinajstić information content (AvgIpc) is 3.33. The molecule has 1 fully saturated rings. The number of phenols is 2. The summed E-state index contributed by atoms with van der Waals surface area (Å²) < 4.78 is 10.5. The molecule has 2 heterocycles. The maximum Gasteiger partial charge on any atom is 0.257 e. The van der Waals surface area contributed by atoms with Crippen LogP contribution in [0.1, 0.15) is 10.4 Å². The lowest BCUT2D eigenvalue weighted by atomic mass is 10.1. The van der Waals surface area contributed by atoms with Crippen molar-refractivity contribution in [3.05, 3.63) is 60.2 Å². The van der Waals surface area contributed by atoms with Crippen molar-refractivity contribution < 1.29 is 24.5 Å². The molecule has 0 saturated carbocycles. The van der Waals surface area contributed by atoms with Gasteiger partial charge in [0.25, 0.3) is 5.91 Å². The molecule has 0 unspecified atom stereocenters. The zero-order valence-corrected chi connectivity index (χ0v) is 19.5. The number of imidazole rings is 1. The molecule has 1 aliphatic heterocycles. The van der Waals surface area contributed by atoms with Crippen LogP contribution < -0.4 is 14.4 Å². The lowest BCUT2D eigenvalue weighted by molar-refractivity contribution is 0.0743. The lowest BCUT2D eigenvalue weighted by Crippen LogP contribution is -2.48. The van der Waals surface area contributed by atoms with Crippen LogP contribution in [0, 0.1) is 0 Å². The number of ether oxygens (including phenoxy) is 2. The van der Waals surface area contributed by atoms with Crippen molar-refractivity contribution in [1.82, 2.24) is 14.9 Å². The molecule has 1 amide bonds. The van der Waals surface area contributed by atoms with Crippen molar-refractivity contribution in [2.75, 3.05) is 45.3 Å². The van der Waals surface area contributed by atoms with E-state index in [1.54, 1.807) is 25.3 Å². The van der Waals surface area contributed by atoms with E-state index in [-0.39, 0.29) is 23.2 Å². The van der Waals surface area contributed by atoms with Gasteiger partial charge in [-0.3, -0.25) is 4.79 Å². The molecule has 0 bridgehead atoms. The number of rotatable bonds is 5. The van der Waals surface area contributed by atoms with Crippen LogP contribution in [0.2, 0.25) is 0 Å². The minimum absolute atomic E-state index is 0.0259. The number of anilines is 1. The Balaban J connectivity index is 1.33. The second-order valence-electron chi connectivity index (χ2n) is 8.31. The minimum Gasteiger partial charge on any atom is -0.504 e. The average molecular weight is 475 g/mol. The van der Waals surface area contributed by atoms with Gasteiger partial charge in [0.05, 0.1) is 30.8 Å². The van der Waals surface area contributed by atoms with Crippen LogP contribution in [0.25, 0.3) is 22.4 Å². The number of para-hydroxylation sites is 1. The number of aromatic amines is 1. The van der Waals surface area contributed by atoms with Gasteiger partial charge in [0, 0.05) is 37.4 Å². The standard InChI is InChI=1S/C26H26N4O5/c1-34-22-6-4-3-5-18(22)26(33)30-11-9-29(10-12-30)17-7-8-19-20(15-17)28-25(27-19)16-13-21(31)24(32)23(14-16)35-2/h3-8,13-15,31-32H,9-12H2,1-2H3,(H,27,28). The molecule has 9 nitrogen and oxygen atoms in total. The molecule has 1 saturated heterocycles. The molecule has 3 N–H and O–H groups in total. The summed E-state index contributed by atoms with van der Waals surface area (Å²) in [5, 5.41) is 19.9. The number of piperazine rings is 1. The molecule has 3 aromatic carbocycles. The quantitative estimate of drug-likeness (QED) is 0.379. The van der Waals surface area contributed by atoms with E-state index < -0.39 is 0 Å². The van der Waals surface area contributed by atoms with Crippen molar-refractivity contribution >= 4 is 22.6 Å². The van der Waals surface area contributed by atoms with Crippen molar-refractivity contribution in [1.29, 1.82) is 0 Å². The van der Waals surface area contributed by atoms with Gasteiger partial charge in [0.15, 0.2) is 11.5 Å². The van der Waals surface area contributed by atoms with Gasteiger partial charge in [0.2, 0.25) is 5.75 Å². The van der Waals surface area contributed by atoms with E-state index in [1.807, 2.05) is 35.2 Å². The second kappa shape index (κ2) is 9.09. The Bertz CT molecular complexity index is 1390. The highest BCUT2D eigenvalue weighted by atomic mass is 16.5. The number of carbonyl (C=O) groups is 1. The molecule has 35 heavy (non-hydrogen) atoms. The van der Waals surface area contributed by atoms with Gasteiger partial charge >= 0.3 is 0 Å². The van der Waals surface area contributed by atoms with Gasteiger partial charge < -0.3 is 34.5 Å². The minimum atomic E-state index is -0.307. The fourth-order valence-electron chi connectivity index (χ4n) is 4.37. The molecule has 0 aliphatic carbocycles. The first-order valence-corrected chi connectivity index (χ1v) is 11.3. The van der Waals surface area contributed by atoms with Crippen molar-refractivity contribution in [2.24, 2.45) is 0 Å². The van der Waals surface area contributed by atoms with Gasteiger partial charge in [-0.2, -0.15) is 0 Å². The molecular weight excluding hydrogens is 448 g/mol. The van der Waals surface area contributed by atoms with E-state index in [0.29, 0.717) is 48.9 Å². The first-order chi connectivity index (χ1) is 17.0. The zero-order valence-electron chi connectivity index (χ0n) is 19.5. The topological polar surface area (TPSA) is 111 Å². The fraction of sp³-hybridized carbons (Fsp3) is 0.231. The molecule has 0 radical (unpaired) electrons. The van der Waals surface area contributed by atoms with Gasteiger partial charge in [-0.25, -0.2) is 4.98 Å². The summed E-state index contributed by atoms with van der Waals surface area (Å²) in [6.07, 6.45) is 0. The second-order valence-corrected chi connectivity index (χ2v) is 8.31. The SMILES string of the molecule is COc1ccccc1C(=O)N1CCN(c2ccc3[nH]c(-c4cc(O)c(O)c(OC)c4)nc3c2)CC1. The number of hydrogen-bond donors (Lipinski definition) is 3. The number of phenolic OH excluding ortho intramolecular Hbond substituents is 2. The molecule has 1 aliphatic rings. The smallest absolute Gasteiger partial charge is 0.257 e. The summed E-state index contributed by atoms with van der Waals surface area (Å²) in [6, 6.07) is 16.3. The number of H-pyrrole nitrogens is 1. The van der Waals surface area contributed by atoms with Crippen LogP contribution in [0.4, 0.5) is 5.69 Å². The summed E-state index contributed by atoms with van der Waals surface area (Å²) in [4.78, 5) is 25.0. The van der Waals surface area contributed by atoms with Gasteiger partial charge in [-0.1, -0.05) is 12.1 Å². The fourth-order valence-corrected chi connectivity index (χ4v) is 4.37. The third-order valence-corrected chi connectivity index (χ3v) is 6.28. The molecule has 0 spiro atoms. The van der Waals surface area contributed by atoms with Gasteiger partial charge in [0.1, 0.15) is 11.6 Å². The lowest BCUT2D eigenvalue weighted by Gasteiger charge is -2.36. The van der Waals surface area contributed by atoms with Crippen LogP contribution in [-0.2, 0) is 0 Å². The number of benzene rings is 3. The van der Waals surface area contributed by atoms with E-state index in [2.05, 4.69) is 14.9 Å².